The summed E-state index contributed by atoms with van der Waals surface area (Å²) in [5.74, 6) is 0.0838. The van der Waals surface area contributed by atoms with Gasteiger partial charge in [-0.05, 0) is 71.2 Å². The molecule has 0 aliphatic heterocycles. The summed E-state index contributed by atoms with van der Waals surface area (Å²) in [6, 6.07) is 15.2. The lowest BCUT2D eigenvalue weighted by atomic mass is 10.2. The van der Waals surface area contributed by atoms with Gasteiger partial charge in [0.05, 0.1) is 5.69 Å². The zero-order valence-electron chi connectivity index (χ0n) is 13.9. The molecular formula is C19H17BrN4O. The van der Waals surface area contributed by atoms with E-state index in [1.807, 2.05) is 56.3 Å². The first-order valence-electron chi connectivity index (χ1n) is 7.75. The van der Waals surface area contributed by atoms with Crippen LogP contribution < -0.4 is 10.6 Å². The van der Waals surface area contributed by atoms with Crippen LogP contribution >= 0.6 is 15.9 Å². The molecule has 0 radical (unpaired) electrons. The van der Waals surface area contributed by atoms with E-state index in [9.17, 15) is 4.79 Å². The van der Waals surface area contributed by atoms with Crippen molar-refractivity contribution in [2.45, 2.75) is 13.8 Å². The van der Waals surface area contributed by atoms with Gasteiger partial charge in [-0.15, -0.1) is 0 Å². The molecule has 1 heterocycles. The van der Waals surface area contributed by atoms with E-state index < -0.39 is 0 Å². The number of amides is 1. The van der Waals surface area contributed by atoms with Gasteiger partial charge in [0.15, 0.2) is 0 Å². The lowest BCUT2D eigenvalue weighted by Gasteiger charge is -2.09. The fourth-order valence-electron chi connectivity index (χ4n) is 2.31. The fraction of sp³-hybridized carbons (Fsp3) is 0.105. The van der Waals surface area contributed by atoms with Gasteiger partial charge >= 0.3 is 0 Å². The summed E-state index contributed by atoms with van der Waals surface area (Å²) in [6.45, 7) is 4.00. The molecule has 2 N–H and O–H groups in total. The van der Waals surface area contributed by atoms with Gasteiger partial charge in [0, 0.05) is 16.4 Å². The summed E-state index contributed by atoms with van der Waals surface area (Å²) in [7, 11) is 0. The largest absolute Gasteiger partial charge is 0.324 e. The highest BCUT2D eigenvalue weighted by Crippen LogP contribution is 2.24. The molecule has 0 spiro atoms. The third-order valence-electron chi connectivity index (χ3n) is 3.54. The number of aromatic nitrogens is 2. The molecule has 3 aromatic rings. The fourth-order valence-corrected chi connectivity index (χ4v) is 2.90. The van der Waals surface area contributed by atoms with Crippen LogP contribution in [-0.4, -0.2) is 15.9 Å². The predicted octanol–water partition coefficient (Wildman–Crippen LogP) is 4.85. The van der Waals surface area contributed by atoms with Crippen LogP contribution in [0.5, 0.6) is 0 Å². The molecule has 0 saturated heterocycles. The second kappa shape index (κ2) is 7.44. The zero-order valence-corrected chi connectivity index (χ0v) is 15.5. The molecule has 0 aliphatic carbocycles. The van der Waals surface area contributed by atoms with E-state index in [2.05, 4.69) is 36.5 Å². The number of benzene rings is 2. The highest BCUT2D eigenvalue weighted by atomic mass is 79.9. The molecule has 0 unspecified atom stereocenters. The number of nitrogens with zero attached hydrogens (tertiary/aromatic N) is 2. The van der Waals surface area contributed by atoms with E-state index >= 15 is 0 Å². The number of carbonyl (C=O) groups is 1. The first-order valence-corrected chi connectivity index (χ1v) is 8.55. The Kier molecular flexibility index (Phi) is 5.09. The third kappa shape index (κ3) is 4.42. The van der Waals surface area contributed by atoms with E-state index in [4.69, 9.17) is 0 Å². The summed E-state index contributed by atoms with van der Waals surface area (Å²) in [5.41, 5.74) is 4.10. The molecule has 0 saturated carbocycles. The average Bonchev–Trinajstić information content (AvgIpc) is 2.57. The predicted molar refractivity (Wildman–Crippen MR) is 103 cm³/mol. The number of aryl methyl sites for hydroxylation is 2. The third-order valence-corrected chi connectivity index (χ3v) is 4.19. The summed E-state index contributed by atoms with van der Waals surface area (Å²) in [5, 5.41) is 5.96. The minimum Gasteiger partial charge on any atom is -0.324 e. The SMILES string of the molecule is Cc1cccc(Nc2nccc(C(=O)Nc3ccc(C)cc3Br)n2)c1. The van der Waals surface area contributed by atoms with Gasteiger partial charge in [-0.25, -0.2) is 9.97 Å². The quantitative estimate of drug-likeness (QED) is 0.661. The molecule has 1 aromatic heterocycles. The van der Waals surface area contributed by atoms with E-state index in [-0.39, 0.29) is 11.6 Å². The number of hydrogen-bond acceptors (Lipinski definition) is 4. The molecule has 0 bridgehead atoms. The Morgan fingerprint density at radius 1 is 1.04 bits per heavy atom. The monoisotopic (exact) mass is 396 g/mol. The lowest BCUT2D eigenvalue weighted by Crippen LogP contribution is -2.15. The van der Waals surface area contributed by atoms with Gasteiger partial charge in [-0.2, -0.15) is 0 Å². The number of halogens is 1. The molecule has 5 nitrogen and oxygen atoms in total. The maximum atomic E-state index is 12.5. The van der Waals surface area contributed by atoms with Crippen molar-refractivity contribution in [3.8, 4) is 0 Å². The van der Waals surface area contributed by atoms with Crippen molar-refractivity contribution in [1.29, 1.82) is 0 Å². The first-order chi connectivity index (χ1) is 12.0. The van der Waals surface area contributed by atoms with Crippen LogP contribution in [0.2, 0.25) is 0 Å². The van der Waals surface area contributed by atoms with Crippen molar-refractivity contribution in [3.63, 3.8) is 0 Å². The smallest absolute Gasteiger partial charge is 0.274 e. The summed E-state index contributed by atoms with van der Waals surface area (Å²) in [4.78, 5) is 20.9. The summed E-state index contributed by atoms with van der Waals surface area (Å²) >= 11 is 3.45. The van der Waals surface area contributed by atoms with Crippen LogP contribution in [0.4, 0.5) is 17.3 Å². The lowest BCUT2D eigenvalue weighted by molar-refractivity contribution is 0.102. The Bertz CT molecular complexity index is 927. The standard InChI is InChI=1S/C19H17BrN4O/c1-12-4-3-5-14(10-12)22-19-21-9-8-17(24-19)18(25)23-16-7-6-13(2)11-15(16)20/h3-11H,1-2H3,(H,23,25)(H,21,22,24). The van der Waals surface area contributed by atoms with Crippen molar-refractivity contribution in [2.24, 2.45) is 0 Å². The molecule has 3 rings (SSSR count). The minimum absolute atomic E-state index is 0.289. The van der Waals surface area contributed by atoms with Crippen molar-refractivity contribution in [1.82, 2.24) is 9.97 Å². The first kappa shape index (κ1) is 17.1. The van der Waals surface area contributed by atoms with Crippen molar-refractivity contribution < 1.29 is 4.79 Å². The van der Waals surface area contributed by atoms with Gasteiger partial charge < -0.3 is 10.6 Å². The number of carbonyl (C=O) groups excluding carboxylic acids is 1. The van der Waals surface area contributed by atoms with Crippen LogP contribution in [0.1, 0.15) is 21.6 Å². The molecule has 25 heavy (non-hydrogen) atoms. The number of anilines is 3. The molecule has 126 valence electrons. The molecular weight excluding hydrogens is 380 g/mol. The highest BCUT2D eigenvalue weighted by molar-refractivity contribution is 9.10. The van der Waals surface area contributed by atoms with Crippen LogP contribution in [0, 0.1) is 13.8 Å². The van der Waals surface area contributed by atoms with Crippen molar-refractivity contribution in [2.75, 3.05) is 10.6 Å². The zero-order chi connectivity index (χ0) is 17.8. The van der Waals surface area contributed by atoms with Crippen molar-refractivity contribution in [3.05, 3.63) is 76.0 Å². The van der Waals surface area contributed by atoms with E-state index in [1.165, 1.54) is 0 Å². The Morgan fingerprint density at radius 3 is 2.60 bits per heavy atom. The van der Waals surface area contributed by atoms with Gasteiger partial charge in [-0.1, -0.05) is 18.2 Å². The Morgan fingerprint density at radius 2 is 1.84 bits per heavy atom. The van der Waals surface area contributed by atoms with Crippen LogP contribution in [0.3, 0.4) is 0 Å². The summed E-state index contributed by atoms with van der Waals surface area (Å²) < 4.78 is 0.827. The maximum Gasteiger partial charge on any atom is 0.274 e. The van der Waals surface area contributed by atoms with Crippen LogP contribution in [0.25, 0.3) is 0 Å². The highest BCUT2D eigenvalue weighted by Gasteiger charge is 2.11. The van der Waals surface area contributed by atoms with Crippen LogP contribution in [0.15, 0.2) is 59.2 Å². The Hall–Kier alpha value is -2.73. The molecule has 1 amide bonds. The van der Waals surface area contributed by atoms with Gasteiger partial charge in [0.1, 0.15) is 5.69 Å². The number of nitrogens with one attached hydrogen (secondary N) is 2. The van der Waals surface area contributed by atoms with Crippen molar-refractivity contribution >= 4 is 39.2 Å². The maximum absolute atomic E-state index is 12.5. The molecule has 0 atom stereocenters. The average molecular weight is 397 g/mol. The van der Waals surface area contributed by atoms with Gasteiger partial charge in [-0.3, -0.25) is 4.79 Å². The molecule has 2 aromatic carbocycles. The van der Waals surface area contributed by atoms with E-state index in [0.29, 0.717) is 11.6 Å². The Labute approximate surface area is 154 Å². The molecule has 0 aliphatic rings. The topological polar surface area (TPSA) is 66.9 Å². The van der Waals surface area contributed by atoms with Gasteiger partial charge in [0.25, 0.3) is 5.91 Å². The summed E-state index contributed by atoms with van der Waals surface area (Å²) in [6.07, 6.45) is 1.56. The van der Waals surface area contributed by atoms with Crippen LogP contribution in [-0.2, 0) is 0 Å². The van der Waals surface area contributed by atoms with E-state index in [1.54, 1.807) is 12.3 Å². The Balaban J connectivity index is 1.77. The minimum atomic E-state index is -0.292. The second-order valence-corrected chi connectivity index (χ2v) is 6.55. The van der Waals surface area contributed by atoms with Gasteiger partial charge in [0.2, 0.25) is 5.95 Å². The van der Waals surface area contributed by atoms with E-state index in [0.717, 1.165) is 21.3 Å². The number of rotatable bonds is 4. The molecule has 0 fully saturated rings. The second-order valence-electron chi connectivity index (χ2n) is 5.70. The number of hydrogen-bond donors (Lipinski definition) is 2. The normalized spacial score (nSPS) is 10.4. The molecule has 6 heteroatoms.